The molecule has 0 aliphatic rings. The minimum atomic E-state index is -0.885. The van der Waals surface area contributed by atoms with Gasteiger partial charge in [0.25, 0.3) is 0 Å². The zero-order chi connectivity index (χ0) is 12.3. The van der Waals surface area contributed by atoms with E-state index in [4.69, 9.17) is 10.5 Å². The number of benzene rings is 1. The van der Waals surface area contributed by atoms with Gasteiger partial charge < -0.3 is 10.5 Å². The van der Waals surface area contributed by atoms with Gasteiger partial charge in [0.2, 0.25) is 0 Å². The van der Waals surface area contributed by atoms with E-state index in [1.54, 1.807) is 0 Å². The lowest BCUT2D eigenvalue weighted by atomic mass is 10.1. The van der Waals surface area contributed by atoms with Crippen LogP contribution in [0.2, 0.25) is 0 Å². The fourth-order valence-electron chi connectivity index (χ4n) is 1.18. The van der Waals surface area contributed by atoms with Crippen LogP contribution in [0.25, 0.3) is 0 Å². The summed E-state index contributed by atoms with van der Waals surface area (Å²) in [5, 5.41) is 0. The Hall–Kier alpha value is -1.00. The lowest BCUT2D eigenvalue weighted by Crippen LogP contribution is -2.26. The highest BCUT2D eigenvalue weighted by atomic mass is 19.2. The van der Waals surface area contributed by atoms with E-state index < -0.39 is 17.7 Å². The Morgan fingerprint density at radius 3 is 2.38 bits per heavy atom. The summed E-state index contributed by atoms with van der Waals surface area (Å²) < 4.78 is 31.1. The zero-order valence-corrected chi connectivity index (χ0v) is 9.76. The Morgan fingerprint density at radius 1 is 1.25 bits per heavy atom. The van der Waals surface area contributed by atoms with Gasteiger partial charge in [0.05, 0.1) is 18.2 Å². The SMILES string of the molecule is CC(C)(C)OCC(N)c1ccc(F)c(F)c1. The summed E-state index contributed by atoms with van der Waals surface area (Å²) in [7, 11) is 0. The summed E-state index contributed by atoms with van der Waals surface area (Å²) in [6.45, 7) is 6.00. The van der Waals surface area contributed by atoms with Crippen molar-refractivity contribution in [1.29, 1.82) is 0 Å². The van der Waals surface area contributed by atoms with Crippen molar-refractivity contribution < 1.29 is 13.5 Å². The summed E-state index contributed by atoms with van der Waals surface area (Å²) in [6, 6.07) is 3.19. The van der Waals surface area contributed by atoms with E-state index in [1.807, 2.05) is 20.8 Å². The molecule has 1 rings (SSSR count). The molecule has 0 saturated heterocycles. The first-order valence-corrected chi connectivity index (χ1v) is 5.14. The maximum Gasteiger partial charge on any atom is 0.159 e. The third-order valence-corrected chi connectivity index (χ3v) is 2.07. The molecule has 1 aromatic carbocycles. The molecule has 0 aliphatic heterocycles. The van der Waals surface area contributed by atoms with Crippen molar-refractivity contribution in [3.8, 4) is 0 Å². The van der Waals surface area contributed by atoms with Crippen molar-refractivity contribution in [2.24, 2.45) is 5.73 Å². The summed E-state index contributed by atoms with van der Waals surface area (Å²) >= 11 is 0. The predicted molar refractivity (Wildman–Crippen MR) is 59.0 cm³/mol. The smallest absolute Gasteiger partial charge is 0.159 e. The van der Waals surface area contributed by atoms with Crippen LogP contribution in [0, 0.1) is 11.6 Å². The topological polar surface area (TPSA) is 35.2 Å². The standard InChI is InChI=1S/C12H17F2NO/c1-12(2,3)16-7-11(15)8-4-5-9(13)10(14)6-8/h4-6,11H,7,15H2,1-3H3. The van der Waals surface area contributed by atoms with Gasteiger partial charge in [-0.1, -0.05) is 6.07 Å². The Morgan fingerprint density at radius 2 is 1.88 bits per heavy atom. The first-order valence-electron chi connectivity index (χ1n) is 5.14. The molecule has 0 aliphatic carbocycles. The minimum Gasteiger partial charge on any atom is -0.374 e. The van der Waals surface area contributed by atoms with E-state index in [0.29, 0.717) is 5.56 Å². The van der Waals surface area contributed by atoms with E-state index >= 15 is 0 Å². The van der Waals surface area contributed by atoms with Crippen molar-refractivity contribution in [1.82, 2.24) is 0 Å². The third kappa shape index (κ3) is 3.87. The molecule has 2 nitrogen and oxygen atoms in total. The molecule has 16 heavy (non-hydrogen) atoms. The van der Waals surface area contributed by atoms with E-state index in [1.165, 1.54) is 6.07 Å². The van der Waals surface area contributed by atoms with Crippen LogP contribution in [0.4, 0.5) is 8.78 Å². The van der Waals surface area contributed by atoms with Crippen molar-refractivity contribution in [2.75, 3.05) is 6.61 Å². The molecule has 0 saturated carbocycles. The van der Waals surface area contributed by atoms with Crippen LogP contribution in [-0.4, -0.2) is 12.2 Å². The largest absolute Gasteiger partial charge is 0.374 e. The van der Waals surface area contributed by atoms with Crippen LogP contribution in [0.15, 0.2) is 18.2 Å². The molecular weight excluding hydrogens is 212 g/mol. The molecule has 1 aromatic rings. The van der Waals surface area contributed by atoms with Crippen LogP contribution in [0.3, 0.4) is 0 Å². The van der Waals surface area contributed by atoms with Gasteiger partial charge in [-0.05, 0) is 38.5 Å². The van der Waals surface area contributed by atoms with Gasteiger partial charge in [-0.2, -0.15) is 0 Å². The second-order valence-electron chi connectivity index (χ2n) is 4.70. The highest BCUT2D eigenvalue weighted by Gasteiger charge is 2.15. The lowest BCUT2D eigenvalue weighted by molar-refractivity contribution is -0.0102. The number of ether oxygens (including phenoxy) is 1. The first kappa shape index (κ1) is 13.1. The average molecular weight is 229 g/mol. The van der Waals surface area contributed by atoms with Gasteiger partial charge >= 0.3 is 0 Å². The number of rotatable bonds is 3. The lowest BCUT2D eigenvalue weighted by Gasteiger charge is -2.22. The summed E-state index contributed by atoms with van der Waals surface area (Å²) in [6.07, 6.45) is 0. The van der Waals surface area contributed by atoms with Crippen molar-refractivity contribution >= 4 is 0 Å². The Labute approximate surface area is 94.4 Å². The Balaban J connectivity index is 2.66. The second kappa shape index (κ2) is 4.89. The van der Waals surface area contributed by atoms with Gasteiger partial charge in [0.15, 0.2) is 11.6 Å². The van der Waals surface area contributed by atoms with Crippen LogP contribution in [0.1, 0.15) is 32.4 Å². The van der Waals surface area contributed by atoms with Crippen LogP contribution in [0.5, 0.6) is 0 Å². The predicted octanol–water partition coefficient (Wildman–Crippen LogP) is 2.78. The van der Waals surface area contributed by atoms with E-state index in [9.17, 15) is 8.78 Å². The monoisotopic (exact) mass is 229 g/mol. The molecular formula is C12H17F2NO. The normalized spacial score (nSPS) is 13.9. The molecule has 0 bridgehead atoms. The molecule has 0 heterocycles. The highest BCUT2D eigenvalue weighted by molar-refractivity contribution is 5.21. The van der Waals surface area contributed by atoms with Gasteiger partial charge in [0.1, 0.15) is 0 Å². The molecule has 0 radical (unpaired) electrons. The fraction of sp³-hybridized carbons (Fsp3) is 0.500. The number of halogens is 2. The second-order valence-corrected chi connectivity index (χ2v) is 4.70. The maximum atomic E-state index is 12.9. The van der Waals surface area contributed by atoms with E-state index in [0.717, 1.165) is 12.1 Å². The van der Waals surface area contributed by atoms with E-state index in [2.05, 4.69) is 0 Å². The third-order valence-electron chi connectivity index (χ3n) is 2.07. The molecule has 1 atom stereocenters. The van der Waals surface area contributed by atoms with Crippen molar-refractivity contribution in [3.63, 3.8) is 0 Å². The van der Waals surface area contributed by atoms with Crippen molar-refractivity contribution in [3.05, 3.63) is 35.4 Å². The summed E-state index contributed by atoms with van der Waals surface area (Å²) in [4.78, 5) is 0. The summed E-state index contributed by atoms with van der Waals surface area (Å²) in [5.74, 6) is -1.75. The number of hydrogen-bond acceptors (Lipinski definition) is 2. The fourth-order valence-corrected chi connectivity index (χ4v) is 1.18. The van der Waals surface area contributed by atoms with Crippen LogP contribution >= 0.6 is 0 Å². The van der Waals surface area contributed by atoms with Gasteiger partial charge in [0, 0.05) is 0 Å². The zero-order valence-electron chi connectivity index (χ0n) is 9.76. The Bertz CT molecular complexity index is 361. The molecule has 0 aromatic heterocycles. The van der Waals surface area contributed by atoms with Crippen LogP contribution in [-0.2, 0) is 4.74 Å². The first-order chi connectivity index (χ1) is 7.29. The number of hydrogen-bond donors (Lipinski definition) is 1. The highest BCUT2D eigenvalue weighted by Crippen LogP contribution is 2.17. The maximum absolute atomic E-state index is 12.9. The molecule has 2 N–H and O–H groups in total. The molecule has 1 unspecified atom stereocenters. The average Bonchev–Trinajstić information content (AvgIpc) is 2.17. The molecule has 0 fully saturated rings. The Kier molecular flexibility index (Phi) is 3.99. The number of nitrogens with two attached hydrogens (primary N) is 1. The molecule has 0 spiro atoms. The molecule has 90 valence electrons. The van der Waals surface area contributed by atoms with E-state index in [-0.39, 0.29) is 12.2 Å². The summed E-state index contributed by atoms with van der Waals surface area (Å²) in [5.41, 5.74) is 6.04. The van der Waals surface area contributed by atoms with Crippen LogP contribution < -0.4 is 5.73 Å². The quantitative estimate of drug-likeness (QED) is 0.865. The van der Waals surface area contributed by atoms with Crippen molar-refractivity contribution in [2.45, 2.75) is 32.4 Å². The minimum absolute atomic E-state index is 0.272. The van der Waals surface area contributed by atoms with Gasteiger partial charge in [-0.3, -0.25) is 0 Å². The van der Waals surface area contributed by atoms with Gasteiger partial charge in [-0.15, -0.1) is 0 Å². The molecule has 0 amide bonds. The molecule has 4 heteroatoms. The van der Waals surface area contributed by atoms with Gasteiger partial charge in [-0.25, -0.2) is 8.78 Å².